The molecule has 0 atom stereocenters. The van der Waals surface area contributed by atoms with E-state index in [0.717, 1.165) is 0 Å². The van der Waals surface area contributed by atoms with Gasteiger partial charge in [-0.25, -0.2) is 9.48 Å². The predicted octanol–water partition coefficient (Wildman–Crippen LogP) is 5.82. The second-order valence-electron chi connectivity index (χ2n) is 10.9. The van der Waals surface area contributed by atoms with Gasteiger partial charge in [-0.3, -0.25) is 0 Å². The summed E-state index contributed by atoms with van der Waals surface area (Å²) in [4.78, 5) is 2.70. The summed E-state index contributed by atoms with van der Waals surface area (Å²) in [6.07, 6.45) is 15.8. The van der Waals surface area contributed by atoms with E-state index in [0.29, 0.717) is 12.1 Å². The van der Waals surface area contributed by atoms with Crippen molar-refractivity contribution >= 4 is 39.3 Å². The largest absolute Gasteiger partial charge is 1.00 e. The summed E-state index contributed by atoms with van der Waals surface area (Å²) < 4.78 is 2.70. The highest BCUT2D eigenvalue weighted by Crippen LogP contribution is 2.48. The molecule has 0 aromatic heterocycles. The Hall–Kier alpha value is -2.84. The fourth-order valence-electron chi connectivity index (χ4n) is 7.03. The average molecular weight is 495 g/mol. The fourth-order valence-corrected chi connectivity index (χ4v) is 7.03. The summed E-state index contributed by atoms with van der Waals surface area (Å²) in [7, 11) is 0. The summed E-state index contributed by atoms with van der Waals surface area (Å²) in [6.45, 7) is 0. The van der Waals surface area contributed by atoms with Gasteiger partial charge in [0.2, 0.25) is 6.34 Å². The number of benzene rings is 4. The van der Waals surface area contributed by atoms with Crippen LogP contribution in [0.15, 0.2) is 72.8 Å². The maximum absolute atomic E-state index is 2.70. The second-order valence-corrected chi connectivity index (χ2v) is 10.9. The lowest BCUT2D eigenvalue weighted by molar-refractivity contribution is -0.485. The minimum absolute atomic E-state index is 0. The summed E-state index contributed by atoms with van der Waals surface area (Å²) in [5, 5.41) is 5.42. The molecule has 2 fully saturated rings. The van der Waals surface area contributed by atoms with Gasteiger partial charge in [0.25, 0.3) is 0 Å². The Morgan fingerprint density at radius 2 is 1.17 bits per heavy atom. The topological polar surface area (TPSA) is 6.25 Å². The third kappa shape index (κ3) is 3.91. The van der Waals surface area contributed by atoms with Gasteiger partial charge in [-0.2, -0.15) is 0 Å². The molecular formula is C33H35ClN2. The molecule has 0 unspecified atom stereocenters. The monoisotopic (exact) mass is 494 g/mol. The first-order chi connectivity index (χ1) is 17.4. The Morgan fingerprint density at radius 1 is 0.583 bits per heavy atom. The Kier molecular flexibility index (Phi) is 6.48. The lowest BCUT2D eigenvalue weighted by Gasteiger charge is -2.29. The van der Waals surface area contributed by atoms with Crippen molar-refractivity contribution < 1.29 is 17.0 Å². The zero-order valence-electron chi connectivity index (χ0n) is 21.0. The molecule has 7 rings (SSSR count). The van der Waals surface area contributed by atoms with Gasteiger partial charge in [-0.05, 0) is 85.0 Å². The standard InChI is InChI=1S/C33H35N2.ClH/c1-3-13-26(14-4-1)34-23-35(27-15-5-2-6-16-27)31-22-20-25-12-8-10-18-29(25)33(31)32-28-17-9-7-11-24(28)19-21-30(32)34;/h7-12,17-23,26-27H,1-6,13-16H2;1H/q+1;/p-1. The number of rotatable bonds is 2. The third-order valence-corrected chi connectivity index (χ3v) is 8.81. The first-order valence-electron chi connectivity index (χ1n) is 13.8. The highest BCUT2D eigenvalue weighted by atomic mass is 35.5. The Balaban J connectivity index is 0.00000240. The first kappa shape index (κ1) is 23.6. The van der Waals surface area contributed by atoms with Crippen molar-refractivity contribution in [2.45, 2.75) is 76.3 Å². The van der Waals surface area contributed by atoms with Crippen molar-refractivity contribution in [3.05, 3.63) is 72.8 Å². The van der Waals surface area contributed by atoms with Crippen LogP contribution in [0, 0.1) is 0 Å². The van der Waals surface area contributed by atoms with E-state index in [4.69, 9.17) is 0 Å². The van der Waals surface area contributed by atoms with Crippen LogP contribution in [0.1, 0.15) is 64.2 Å². The van der Waals surface area contributed by atoms with Crippen molar-refractivity contribution in [1.82, 2.24) is 0 Å². The summed E-state index contributed by atoms with van der Waals surface area (Å²) >= 11 is 0. The molecule has 1 aliphatic heterocycles. The molecule has 2 saturated carbocycles. The van der Waals surface area contributed by atoms with Gasteiger partial charge in [-0.15, -0.1) is 0 Å². The average Bonchev–Trinajstić information content (AvgIpc) is 3.09. The van der Waals surface area contributed by atoms with Crippen LogP contribution in [-0.4, -0.2) is 23.0 Å². The number of anilines is 1. The molecule has 0 bridgehead atoms. The van der Waals surface area contributed by atoms with E-state index < -0.39 is 0 Å². The van der Waals surface area contributed by atoms with Gasteiger partial charge < -0.3 is 12.4 Å². The SMILES string of the molecule is C1=[N+](C2CCCCC2)c2ccc3ccccc3c2-c2c(ccc3ccccc23)N1C1CCCCC1.[Cl-]. The van der Waals surface area contributed by atoms with Crippen molar-refractivity contribution in [3.63, 3.8) is 0 Å². The number of hydrogen-bond acceptors (Lipinski definition) is 1. The maximum atomic E-state index is 2.70. The molecule has 0 N–H and O–H groups in total. The molecule has 36 heavy (non-hydrogen) atoms. The van der Waals surface area contributed by atoms with Crippen LogP contribution >= 0.6 is 0 Å². The van der Waals surface area contributed by atoms with E-state index in [-0.39, 0.29) is 12.4 Å². The molecule has 0 radical (unpaired) electrons. The lowest BCUT2D eigenvalue weighted by atomic mass is 9.89. The van der Waals surface area contributed by atoms with E-state index in [2.05, 4.69) is 88.6 Å². The van der Waals surface area contributed by atoms with Crippen molar-refractivity contribution in [1.29, 1.82) is 0 Å². The molecule has 0 amide bonds. The second kappa shape index (κ2) is 9.90. The summed E-state index contributed by atoms with van der Waals surface area (Å²) in [6, 6.07) is 28.7. The van der Waals surface area contributed by atoms with E-state index in [1.807, 2.05) is 0 Å². The van der Waals surface area contributed by atoms with E-state index >= 15 is 0 Å². The van der Waals surface area contributed by atoms with Crippen LogP contribution in [0.4, 0.5) is 11.4 Å². The first-order valence-corrected chi connectivity index (χ1v) is 13.8. The molecule has 184 valence electrons. The molecule has 4 aromatic rings. The van der Waals surface area contributed by atoms with Gasteiger partial charge in [-0.1, -0.05) is 73.5 Å². The molecule has 0 spiro atoms. The highest BCUT2D eigenvalue weighted by molar-refractivity contribution is 6.14. The molecule has 3 aliphatic rings. The van der Waals surface area contributed by atoms with Gasteiger partial charge in [0.05, 0.1) is 0 Å². The molecule has 2 nitrogen and oxygen atoms in total. The molecule has 0 saturated heterocycles. The summed E-state index contributed by atoms with van der Waals surface area (Å²) in [5.74, 6) is 0. The molecule has 1 heterocycles. The zero-order valence-corrected chi connectivity index (χ0v) is 21.8. The fraction of sp³-hybridized carbons (Fsp3) is 0.364. The number of fused-ring (bicyclic) bond motifs is 7. The Labute approximate surface area is 221 Å². The number of halogens is 1. The highest BCUT2D eigenvalue weighted by Gasteiger charge is 2.36. The minimum Gasteiger partial charge on any atom is -1.00 e. The third-order valence-electron chi connectivity index (χ3n) is 8.81. The minimum atomic E-state index is 0. The van der Waals surface area contributed by atoms with Crippen LogP contribution in [0.2, 0.25) is 0 Å². The molecule has 4 aromatic carbocycles. The van der Waals surface area contributed by atoms with Gasteiger partial charge in [0.15, 0.2) is 0 Å². The van der Waals surface area contributed by atoms with Crippen molar-refractivity contribution in [2.75, 3.05) is 4.90 Å². The van der Waals surface area contributed by atoms with Crippen molar-refractivity contribution in [3.8, 4) is 11.1 Å². The quantitative estimate of drug-likeness (QED) is 0.318. The van der Waals surface area contributed by atoms with E-state index in [9.17, 15) is 0 Å². The lowest BCUT2D eigenvalue weighted by Crippen LogP contribution is -3.00. The maximum Gasteiger partial charge on any atom is 0.244 e. The molecule has 3 heteroatoms. The molecule has 2 aliphatic carbocycles. The van der Waals surface area contributed by atoms with Crippen LogP contribution in [0.5, 0.6) is 0 Å². The van der Waals surface area contributed by atoms with E-state index in [1.54, 1.807) is 0 Å². The van der Waals surface area contributed by atoms with Crippen LogP contribution < -0.4 is 17.3 Å². The Bertz CT molecular complexity index is 1430. The summed E-state index contributed by atoms with van der Waals surface area (Å²) in [5.41, 5.74) is 5.64. The van der Waals surface area contributed by atoms with E-state index in [1.165, 1.54) is 108 Å². The zero-order chi connectivity index (χ0) is 23.2. The van der Waals surface area contributed by atoms with Gasteiger partial charge >= 0.3 is 0 Å². The smallest absolute Gasteiger partial charge is 0.244 e. The van der Waals surface area contributed by atoms with Crippen molar-refractivity contribution in [2.24, 2.45) is 0 Å². The Morgan fingerprint density at radius 3 is 1.86 bits per heavy atom. The van der Waals surface area contributed by atoms with Gasteiger partial charge in [0, 0.05) is 11.1 Å². The normalized spacial score (nSPS) is 18.8. The van der Waals surface area contributed by atoms with Crippen LogP contribution in [-0.2, 0) is 0 Å². The van der Waals surface area contributed by atoms with Gasteiger partial charge in [0.1, 0.15) is 23.5 Å². The molecular weight excluding hydrogens is 460 g/mol. The number of hydrogen-bond donors (Lipinski definition) is 0. The van der Waals surface area contributed by atoms with Crippen LogP contribution in [0.3, 0.4) is 0 Å². The number of nitrogens with zero attached hydrogens (tertiary/aromatic N) is 2. The van der Waals surface area contributed by atoms with Crippen LogP contribution in [0.25, 0.3) is 32.7 Å². The predicted molar refractivity (Wildman–Crippen MR) is 149 cm³/mol.